The number of benzene rings is 1. The highest BCUT2D eigenvalue weighted by Crippen LogP contribution is 2.45. The smallest absolute Gasteiger partial charge is 0.412 e. The van der Waals surface area contributed by atoms with E-state index in [0.717, 1.165) is 44.1 Å². The number of hydrogen-bond donors (Lipinski definition) is 3. The molecule has 0 aromatic heterocycles. The van der Waals surface area contributed by atoms with Crippen molar-refractivity contribution in [3.05, 3.63) is 29.3 Å². The molecule has 1 aliphatic rings. The molecule has 2 rings (SSSR count). The van der Waals surface area contributed by atoms with E-state index < -0.39 is 12.2 Å². The molecule has 1 aliphatic carbocycles. The highest BCUT2D eigenvalue weighted by Gasteiger charge is 2.42. The van der Waals surface area contributed by atoms with Crippen LogP contribution in [0.1, 0.15) is 77.8 Å². The van der Waals surface area contributed by atoms with Gasteiger partial charge < -0.3 is 20.5 Å². The third kappa shape index (κ3) is 7.22. The molecule has 1 fully saturated rings. The second-order valence-electron chi connectivity index (χ2n) is 9.89. The predicted molar refractivity (Wildman–Crippen MR) is 119 cm³/mol. The van der Waals surface area contributed by atoms with E-state index in [9.17, 15) is 9.59 Å². The highest BCUT2D eigenvalue weighted by molar-refractivity contribution is 5.71. The topological polar surface area (TPSA) is 87.7 Å². The zero-order valence-electron chi connectivity index (χ0n) is 19.1. The molecule has 6 heteroatoms. The van der Waals surface area contributed by atoms with Crippen molar-refractivity contribution in [3.8, 4) is 5.75 Å². The fraction of sp³-hybridized carbons (Fsp3) is 0.667. The van der Waals surface area contributed by atoms with E-state index in [1.54, 1.807) is 0 Å². The maximum Gasteiger partial charge on any atom is 0.412 e. The van der Waals surface area contributed by atoms with Crippen LogP contribution in [0.25, 0.3) is 0 Å². The number of nitrogens with one attached hydrogen (secondary N) is 2. The normalized spacial score (nSPS) is 22.9. The molecule has 3 N–H and O–H groups in total. The maximum atomic E-state index is 12.5. The van der Waals surface area contributed by atoms with Crippen LogP contribution in [0.4, 0.5) is 9.59 Å². The third-order valence-electron chi connectivity index (χ3n) is 5.82. The van der Waals surface area contributed by atoms with E-state index >= 15 is 0 Å². The molecule has 168 valence electrons. The van der Waals surface area contributed by atoms with E-state index in [1.165, 1.54) is 5.56 Å². The molecule has 1 saturated carbocycles. The molecule has 2 amide bonds. The molecule has 0 heterocycles. The van der Waals surface area contributed by atoms with Crippen LogP contribution < -0.4 is 15.4 Å². The van der Waals surface area contributed by atoms with Gasteiger partial charge in [0.25, 0.3) is 0 Å². The average Bonchev–Trinajstić information content (AvgIpc) is 2.60. The first-order valence-corrected chi connectivity index (χ1v) is 11.1. The van der Waals surface area contributed by atoms with Gasteiger partial charge in [0.15, 0.2) is 0 Å². The van der Waals surface area contributed by atoms with Gasteiger partial charge in [-0.2, -0.15) is 0 Å². The van der Waals surface area contributed by atoms with Crippen molar-refractivity contribution in [1.82, 2.24) is 10.6 Å². The molecule has 1 aromatic rings. The Hall–Kier alpha value is -2.24. The Morgan fingerprint density at radius 2 is 1.83 bits per heavy atom. The summed E-state index contributed by atoms with van der Waals surface area (Å²) in [6, 6.07) is 5.95. The van der Waals surface area contributed by atoms with E-state index in [1.807, 2.05) is 12.1 Å². The van der Waals surface area contributed by atoms with Crippen LogP contribution in [-0.2, 0) is 12.8 Å². The monoisotopic (exact) mass is 418 g/mol. The van der Waals surface area contributed by atoms with Gasteiger partial charge in [-0.3, -0.25) is 0 Å². The van der Waals surface area contributed by atoms with Crippen molar-refractivity contribution in [2.24, 2.45) is 10.8 Å². The lowest BCUT2D eigenvalue weighted by Crippen LogP contribution is -2.50. The SMILES string of the molecule is CCCc1ccc(OC(=O)NCC2(C)CC(NC(=O)O)CC(C)(C)C2)c(CCC)c1. The lowest BCUT2D eigenvalue weighted by Gasteiger charge is -2.46. The van der Waals surface area contributed by atoms with Crippen molar-refractivity contribution in [1.29, 1.82) is 0 Å². The fourth-order valence-corrected chi connectivity index (χ4v) is 5.11. The summed E-state index contributed by atoms with van der Waals surface area (Å²) in [5.74, 6) is 0.619. The number of carbonyl (C=O) groups is 2. The number of rotatable bonds is 8. The summed E-state index contributed by atoms with van der Waals surface area (Å²) in [6.45, 7) is 11.1. The predicted octanol–water partition coefficient (Wildman–Crippen LogP) is 5.53. The van der Waals surface area contributed by atoms with Gasteiger partial charge in [-0.25, -0.2) is 9.59 Å². The summed E-state index contributed by atoms with van der Waals surface area (Å²) in [5, 5.41) is 14.7. The van der Waals surface area contributed by atoms with E-state index in [4.69, 9.17) is 9.84 Å². The fourth-order valence-electron chi connectivity index (χ4n) is 5.11. The number of hydrogen-bond acceptors (Lipinski definition) is 3. The minimum atomic E-state index is -0.998. The summed E-state index contributed by atoms with van der Waals surface area (Å²) in [7, 11) is 0. The van der Waals surface area contributed by atoms with Gasteiger partial charge in [-0.1, -0.05) is 59.6 Å². The van der Waals surface area contributed by atoms with Gasteiger partial charge >= 0.3 is 12.2 Å². The molecule has 1 aromatic carbocycles. The molecule has 0 aliphatic heterocycles. The number of carboxylic acid groups (broad SMARTS) is 1. The summed E-state index contributed by atoms with van der Waals surface area (Å²) in [4.78, 5) is 23.7. The number of aryl methyl sites for hydroxylation is 2. The van der Waals surface area contributed by atoms with E-state index in [0.29, 0.717) is 18.7 Å². The second kappa shape index (κ2) is 10.2. The summed E-state index contributed by atoms with van der Waals surface area (Å²) >= 11 is 0. The van der Waals surface area contributed by atoms with Crippen molar-refractivity contribution >= 4 is 12.2 Å². The first kappa shape index (κ1) is 24.0. The van der Waals surface area contributed by atoms with E-state index in [2.05, 4.69) is 51.3 Å². The molecule has 0 bridgehead atoms. The van der Waals surface area contributed by atoms with Gasteiger partial charge in [0, 0.05) is 12.6 Å². The van der Waals surface area contributed by atoms with Crippen LogP contribution in [0.15, 0.2) is 18.2 Å². The molecule has 6 nitrogen and oxygen atoms in total. The second-order valence-corrected chi connectivity index (χ2v) is 9.89. The number of amides is 2. The quantitative estimate of drug-likeness (QED) is 0.518. The standard InChI is InChI=1S/C24H38N2O4/c1-6-8-17-10-11-20(18(12-17)9-7-2)30-22(29)25-16-24(5)14-19(26-21(27)28)13-23(3,4)15-24/h10-12,19,26H,6-9,13-16H2,1-5H3,(H,25,29)(H,27,28). The third-order valence-corrected chi connectivity index (χ3v) is 5.82. The lowest BCUT2D eigenvalue weighted by atomic mass is 9.62. The van der Waals surface area contributed by atoms with Crippen molar-refractivity contribution in [2.45, 2.75) is 85.6 Å². The maximum absolute atomic E-state index is 12.5. The Labute approximate surface area is 180 Å². The number of carbonyl (C=O) groups excluding carboxylic acids is 1. The molecule has 0 spiro atoms. The summed E-state index contributed by atoms with van der Waals surface area (Å²) < 4.78 is 5.65. The van der Waals surface area contributed by atoms with Crippen LogP contribution in [0.3, 0.4) is 0 Å². The van der Waals surface area contributed by atoms with Crippen LogP contribution in [-0.4, -0.2) is 29.9 Å². The largest absolute Gasteiger partial charge is 0.465 e. The van der Waals surface area contributed by atoms with Crippen molar-refractivity contribution < 1.29 is 19.4 Å². The summed E-state index contributed by atoms with van der Waals surface area (Å²) in [6.07, 6.45) is 4.89. The van der Waals surface area contributed by atoms with Crippen LogP contribution >= 0.6 is 0 Å². The average molecular weight is 419 g/mol. The Balaban J connectivity index is 2.01. The van der Waals surface area contributed by atoms with Crippen molar-refractivity contribution in [3.63, 3.8) is 0 Å². The number of ether oxygens (including phenoxy) is 1. The van der Waals surface area contributed by atoms with Crippen LogP contribution in [0.2, 0.25) is 0 Å². The minimum absolute atomic E-state index is 0.00486. The molecule has 2 atom stereocenters. The molecule has 0 saturated heterocycles. The molecular formula is C24H38N2O4. The molecular weight excluding hydrogens is 380 g/mol. The zero-order valence-corrected chi connectivity index (χ0v) is 19.1. The molecule has 0 radical (unpaired) electrons. The minimum Gasteiger partial charge on any atom is -0.465 e. The van der Waals surface area contributed by atoms with Gasteiger partial charge in [0.2, 0.25) is 0 Å². The Bertz CT molecular complexity index is 747. The lowest BCUT2D eigenvalue weighted by molar-refractivity contribution is 0.0695. The first-order valence-electron chi connectivity index (χ1n) is 11.1. The first-order chi connectivity index (χ1) is 14.1. The Kier molecular flexibility index (Phi) is 8.16. The molecule has 30 heavy (non-hydrogen) atoms. The van der Waals surface area contributed by atoms with Crippen LogP contribution in [0.5, 0.6) is 5.75 Å². The molecule has 2 unspecified atom stereocenters. The van der Waals surface area contributed by atoms with Crippen molar-refractivity contribution in [2.75, 3.05) is 6.54 Å². The highest BCUT2D eigenvalue weighted by atomic mass is 16.6. The van der Waals surface area contributed by atoms with Crippen LogP contribution in [0, 0.1) is 10.8 Å². The Morgan fingerprint density at radius 1 is 1.13 bits per heavy atom. The zero-order chi connectivity index (χ0) is 22.4. The summed E-state index contributed by atoms with van der Waals surface area (Å²) in [5.41, 5.74) is 2.12. The van der Waals surface area contributed by atoms with E-state index in [-0.39, 0.29) is 16.9 Å². The van der Waals surface area contributed by atoms with Gasteiger partial charge in [0.05, 0.1) is 0 Å². The van der Waals surface area contributed by atoms with Gasteiger partial charge in [-0.15, -0.1) is 0 Å². The van der Waals surface area contributed by atoms with Gasteiger partial charge in [0.1, 0.15) is 5.75 Å². The Morgan fingerprint density at radius 3 is 2.47 bits per heavy atom. The van der Waals surface area contributed by atoms with Gasteiger partial charge in [-0.05, 0) is 60.1 Å².